The SMILES string of the molecule is O=C(CN1CCCS1(=O)=O)Nc1cc(C(=O)O)ccc1F. The lowest BCUT2D eigenvalue weighted by Crippen LogP contribution is -2.34. The Hall–Kier alpha value is -2.00. The van der Waals surface area contributed by atoms with Gasteiger partial charge in [0.05, 0.1) is 23.5 Å². The van der Waals surface area contributed by atoms with Crippen LogP contribution in [0.3, 0.4) is 0 Å². The minimum absolute atomic E-state index is 0.0108. The Labute approximate surface area is 120 Å². The van der Waals surface area contributed by atoms with E-state index >= 15 is 0 Å². The molecule has 1 fully saturated rings. The van der Waals surface area contributed by atoms with Crippen molar-refractivity contribution in [3.63, 3.8) is 0 Å². The fourth-order valence-corrected chi connectivity index (χ4v) is 3.45. The summed E-state index contributed by atoms with van der Waals surface area (Å²) in [5, 5.41) is 11.0. The van der Waals surface area contributed by atoms with Crippen LogP contribution in [-0.4, -0.2) is 48.5 Å². The van der Waals surface area contributed by atoms with Crippen molar-refractivity contribution in [3.05, 3.63) is 29.6 Å². The monoisotopic (exact) mass is 316 g/mol. The van der Waals surface area contributed by atoms with Crippen LogP contribution in [0.15, 0.2) is 18.2 Å². The highest BCUT2D eigenvalue weighted by Gasteiger charge is 2.29. The molecule has 1 aromatic carbocycles. The van der Waals surface area contributed by atoms with Gasteiger partial charge in [-0.3, -0.25) is 4.79 Å². The summed E-state index contributed by atoms with van der Waals surface area (Å²) in [6.07, 6.45) is 0.443. The molecule has 21 heavy (non-hydrogen) atoms. The smallest absolute Gasteiger partial charge is 0.335 e. The van der Waals surface area contributed by atoms with Gasteiger partial charge in [0.15, 0.2) is 0 Å². The van der Waals surface area contributed by atoms with E-state index < -0.39 is 34.3 Å². The third kappa shape index (κ3) is 3.56. The van der Waals surface area contributed by atoms with Gasteiger partial charge in [-0.2, -0.15) is 4.31 Å². The predicted molar refractivity (Wildman–Crippen MR) is 72.0 cm³/mol. The normalized spacial score (nSPS) is 17.6. The summed E-state index contributed by atoms with van der Waals surface area (Å²) >= 11 is 0. The molecule has 0 bridgehead atoms. The largest absolute Gasteiger partial charge is 0.478 e. The number of nitrogens with zero attached hydrogens (tertiary/aromatic N) is 1. The molecule has 114 valence electrons. The Morgan fingerprint density at radius 1 is 1.38 bits per heavy atom. The first-order valence-electron chi connectivity index (χ1n) is 6.10. The molecule has 1 aliphatic rings. The second kappa shape index (κ2) is 5.78. The van der Waals surface area contributed by atoms with Gasteiger partial charge in [-0.05, 0) is 24.6 Å². The third-order valence-electron chi connectivity index (χ3n) is 3.01. The zero-order chi connectivity index (χ0) is 15.6. The number of aromatic carboxylic acids is 1. The summed E-state index contributed by atoms with van der Waals surface area (Å²) in [7, 11) is -3.42. The van der Waals surface area contributed by atoms with Crippen LogP contribution in [0.25, 0.3) is 0 Å². The summed E-state index contributed by atoms with van der Waals surface area (Å²) in [5.41, 5.74) is -0.475. The first kappa shape index (κ1) is 15.4. The van der Waals surface area contributed by atoms with Crippen LogP contribution < -0.4 is 5.32 Å². The lowest BCUT2D eigenvalue weighted by Gasteiger charge is -2.14. The number of carbonyl (C=O) groups is 2. The summed E-state index contributed by atoms with van der Waals surface area (Å²) in [5.74, 6) is -2.78. The van der Waals surface area contributed by atoms with Crippen LogP contribution in [-0.2, 0) is 14.8 Å². The number of halogens is 1. The molecule has 1 aliphatic heterocycles. The van der Waals surface area contributed by atoms with Crippen molar-refractivity contribution < 1.29 is 27.5 Å². The zero-order valence-electron chi connectivity index (χ0n) is 10.9. The number of hydrogen-bond acceptors (Lipinski definition) is 4. The van der Waals surface area contributed by atoms with E-state index in [2.05, 4.69) is 5.32 Å². The number of carboxylic acids is 1. The molecule has 2 N–H and O–H groups in total. The number of anilines is 1. The number of benzene rings is 1. The van der Waals surface area contributed by atoms with E-state index in [1.807, 2.05) is 0 Å². The molecule has 1 amide bonds. The molecule has 1 aromatic rings. The third-order valence-corrected chi connectivity index (χ3v) is 4.91. The average Bonchev–Trinajstić information content (AvgIpc) is 2.71. The van der Waals surface area contributed by atoms with Gasteiger partial charge in [0.2, 0.25) is 15.9 Å². The van der Waals surface area contributed by atoms with Gasteiger partial charge < -0.3 is 10.4 Å². The fraction of sp³-hybridized carbons (Fsp3) is 0.333. The van der Waals surface area contributed by atoms with Crippen molar-refractivity contribution in [2.45, 2.75) is 6.42 Å². The number of amides is 1. The second-order valence-electron chi connectivity index (χ2n) is 4.55. The van der Waals surface area contributed by atoms with Gasteiger partial charge in [-0.15, -0.1) is 0 Å². The lowest BCUT2D eigenvalue weighted by molar-refractivity contribution is -0.116. The van der Waals surface area contributed by atoms with Crippen molar-refractivity contribution in [2.24, 2.45) is 0 Å². The van der Waals surface area contributed by atoms with Gasteiger partial charge >= 0.3 is 5.97 Å². The molecule has 0 aromatic heterocycles. The average molecular weight is 316 g/mol. The molecule has 9 heteroatoms. The van der Waals surface area contributed by atoms with Crippen LogP contribution in [0, 0.1) is 5.82 Å². The molecule has 1 saturated heterocycles. The maximum Gasteiger partial charge on any atom is 0.335 e. The number of carbonyl (C=O) groups excluding carboxylic acids is 1. The summed E-state index contributed by atoms with van der Waals surface area (Å²) in [6.45, 7) is -0.174. The Bertz CT molecular complexity index is 689. The summed E-state index contributed by atoms with van der Waals surface area (Å²) < 4.78 is 37.6. The van der Waals surface area contributed by atoms with E-state index in [1.54, 1.807) is 0 Å². The molecule has 0 spiro atoms. The Morgan fingerprint density at radius 3 is 2.67 bits per heavy atom. The number of carboxylic acid groups (broad SMARTS) is 1. The Morgan fingerprint density at radius 2 is 2.10 bits per heavy atom. The van der Waals surface area contributed by atoms with E-state index in [0.29, 0.717) is 6.42 Å². The van der Waals surface area contributed by atoms with Crippen LogP contribution in [0.5, 0.6) is 0 Å². The Kier molecular flexibility index (Phi) is 4.24. The first-order chi connectivity index (χ1) is 9.79. The molecule has 2 rings (SSSR count). The minimum Gasteiger partial charge on any atom is -0.478 e. The minimum atomic E-state index is -3.42. The van der Waals surface area contributed by atoms with Gasteiger partial charge in [0, 0.05) is 6.54 Å². The number of hydrogen-bond donors (Lipinski definition) is 2. The summed E-state index contributed by atoms with van der Waals surface area (Å²) in [4.78, 5) is 22.5. The number of sulfonamides is 1. The van der Waals surface area contributed by atoms with E-state index in [9.17, 15) is 22.4 Å². The van der Waals surface area contributed by atoms with Gasteiger partial charge in [0.1, 0.15) is 5.82 Å². The number of rotatable bonds is 4. The highest BCUT2D eigenvalue weighted by molar-refractivity contribution is 7.89. The van der Waals surface area contributed by atoms with Crippen LogP contribution in [0.4, 0.5) is 10.1 Å². The van der Waals surface area contributed by atoms with Crippen molar-refractivity contribution >= 4 is 27.6 Å². The number of nitrogens with one attached hydrogen (secondary N) is 1. The topological polar surface area (TPSA) is 104 Å². The second-order valence-corrected chi connectivity index (χ2v) is 6.64. The highest BCUT2D eigenvalue weighted by atomic mass is 32.2. The van der Waals surface area contributed by atoms with Crippen molar-refractivity contribution in [2.75, 3.05) is 24.2 Å². The highest BCUT2D eigenvalue weighted by Crippen LogP contribution is 2.17. The molecular weight excluding hydrogens is 303 g/mol. The lowest BCUT2D eigenvalue weighted by atomic mass is 10.2. The first-order valence-corrected chi connectivity index (χ1v) is 7.71. The molecular formula is C12H13FN2O5S. The van der Waals surface area contributed by atoms with Gasteiger partial charge in [0.25, 0.3) is 0 Å². The van der Waals surface area contributed by atoms with E-state index in [0.717, 1.165) is 22.5 Å². The molecule has 0 radical (unpaired) electrons. The van der Waals surface area contributed by atoms with Gasteiger partial charge in [-0.25, -0.2) is 17.6 Å². The molecule has 1 heterocycles. The standard InChI is InChI=1S/C12H13FN2O5S/c13-9-3-2-8(12(17)18)6-10(9)14-11(16)7-15-4-1-5-21(15,19)20/h2-3,6H,1,4-5,7H2,(H,14,16)(H,17,18). The molecule has 0 atom stereocenters. The van der Waals surface area contributed by atoms with E-state index in [4.69, 9.17) is 5.11 Å². The molecule has 0 unspecified atom stereocenters. The van der Waals surface area contributed by atoms with E-state index in [1.165, 1.54) is 0 Å². The van der Waals surface area contributed by atoms with Crippen molar-refractivity contribution in [1.82, 2.24) is 4.31 Å². The fourth-order valence-electron chi connectivity index (χ4n) is 1.97. The zero-order valence-corrected chi connectivity index (χ0v) is 11.7. The van der Waals surface area contributed by atoms with Crippen molar-refractivity contribution in [1.29, 1.82) is 0 Å². The Balaban J connectivity index is 2.09. The predicted octanol–water partition coefficient (Wildman–Crippen LogP) is 0.498. The summed E-state index contributed by atoms with van der Waals surface area (Å²) in [6, 6.07) is 2.97. The van der Waals surface area contributed by atoms with Gasteiger partial charge in [-0.1, -0.05) is 0 Å². The molecule has 0 saturated carbocycles. The maximum absolute atomic E-state index is 13.5. The quantitative estimate of drug-likeness (QED) is 0.842. The van der Waals surface area contributed by atoms with Crippen molar-refractivity contribution in [3.8, 4) is 0 Å². The van der Waals surface area contributed by atoms with Crippen LogP contribution >= 0.6 is 0 Å². The van der Waals surface area contributed by atoms with Crippen LogP contribution in [0.2, 0.25) is 0 Å². The van der Waals surface area contributed by atoms with Crippen LogP contribution in [0.1, 0.15) is 16.8 Å². The molecule has 7 nitrogen and oxygen atoms in total. The van der Waals surface area contributed by atoms with E-state index in [-0.39, 0.29) is 23.5 Å². The molecule has 0 aliphatic carbocycles. The maximum atomic E-state index is 13.5.